The van der Waals surface area contributed by atoms with E-state index < -0.39 is 0 Å². The van der Waals surface area contributed by atoms with Crippen LogP contribution in [0, 0.1) is 0 Å². The lowest BCUT2D eigenvalue weighted by Gasteiger charge is -2.09. The molecule has 0 spiro atoms. The first kappa shape index (κ1) is 7.16. The molecule has 2 rings (SSSR count). The molecule has 3 heteroatoms. The van der Waals surface area contributed by atoms with Crippen molar-refractivity contribution in [3.8, 4) is 0 Å². The monoisotopic (exact) mass is 163 g/mol. The number of fused-ring (bicyclic) bond motifs is 1. The summed E-state index contributed by atoms with van der Waals surface area (Å²) < 4.78 is 5.07. The lowest BCUT2D eigenvalue weighted by Crippen LogP contribution is -2.02. The number of hydrogen-bond acceptors (Lipinski definition) is 3. The molecule has 0 aromatic carbocycles. The molecular formula is C9H9NO2. The molecule has 1 N–H and O–H groups in total. The molecule has 0 aromatic rings. The molecule has 1 heterocycles. The van der Waals surface area contributed by atoms with Crippen LogP contribution in [0.3, 0.4) is 0 Å². The van der Waals surface area contributed by atoms with Gasteiger partial charge in [0.15, 0.2) is 0 Å². The zero-order chi connectivity index (χ0) is 8.55. The maximum Gasteiger partial charge on any atom is 0.211 e. The molecule has 0 unspecified atom stereocenters. The summed E-state index contributed by atoms with van der Waals surface area (Å²) in [6.07, 6.45) is 6.25. The third-order valence-electron chi connectivity index (χ3n) is 1.90. The van der Waals surface area contributed by atoms with Gasteiger partial charge in [-0.05, 0) is 0 Å². The highest BCUT2D eigenvalue weighted by Crippen LogP contribution is 2.22. The van der Waals surface area contributed by atoms with Gasteiger partial charge in [-0.3, -0.25) is 0 Å². The van der Waals surface area contributed by atoms with Gasteiger partial charge >= 0.3 is 0 Å². The van der Waals surface area contributed by atoms with Gasteiger partial charge in [-0.25, -0.2) is 4.99 Å². The van der Waals surface area contributed by atoms with Crippen molar-refractivity contribution in [2.24, 2.45) is 4.99 Å². The van der Waals surface area contributed by atoms with Crippen LogP contribution in [-0.4, -0.2) is 17.9 Å². The second-order valence-electron chi connectivity index (χ2n) is 2.68. The number of aliphatic hydroxyl groups excluding tert-OH is 1. The highest BCUT2D eigenvalue weighted by Gasteiger charge is 2.16. The fraction of sp³-hybridized carbons (Fsp3) is 0.222. The van der Waals surface area contributed by atoms with Crippen molar-refractivity contribution in [1.29, 1.82) is 0 Å². The predicted molar refractivity (Wildman–Crippen MR) is 45.9 cm³/mol. The Bertz CT molecular complexity index is 334. The number of allylic oxidation sites excluding steroid dienone is 4. The average molecular weight is 163 g/mol. The van der Waals surface area contributed by atoms with Crippen LogP contribution in [0.4, 0.5) is 0 Å². The Hall–Kier alpha value is -1.51. The summed E-state index contributed by atoms with van der Waals surface area (Å²) in [7, 11) is 1.63. The molecule has 62 valence electrons. The first-order valence-electron chi connectivity index (χ1n) is 3.74. The molecule has 0 radical (unpaired) electrons. The molecule has 2 aliphatic rings. The van der Waals surface area contributed by atoms with Gasteiger partial charge < -0.3 is 9.84 Å². The van der Waals surface area contributed by atoms with Crippen molar-refractivity contribution < 1.29 is 9.84 Å². The van der Waals surface area contributed by atoms with Gasteiger partial charge in [0.25, 0.3) is 0 Å². The zero-order valence-electron chi connectivity index (χ0n) is 6.74. The third kappa shape index (κ3) is 1.03. The third-order valence-corrected chi connectivity index (χ3v) is 1.90. The van der Waals surface area contributed by atoms with Crippen LogP contribution in [0.5, 0.6) is 0 Å². The molecule has 0 atom stereocenters. The number of ether oxygens (including phenoxy) is 1. The largest absolute Gasteiger partial charge is 0.501 e. The predicted octanol–water partition coefficient (Wildman–Crippen LogP) is 1.70. The second kappa shape index (κ2) is 2.52. The number of hydrogen-bond donors (Lipinski definition) is 1. The molecule has 0 fully saturated rings. The van der Waals surface area contributed by atoms with Crippen LogP contribution < -0.4 is 0 Å². The Labute approximate surface area is 70.4 Å². The van der Waals surface area contributed by atoms with Crippen LogP contribution >= 0.6 is 0 Å². The van der Waals surface area contributed by atoms with Gasteiger partial charge in [-0.2, -0.15) is 0 Å². The normalized spacial score (nSPS) is 20.4. The van der Waals surface area contributed by atoms with Crippen molar-refractivity contribution >= 4 is 5.71 Å². The lowest BCUT2D eigenvalue weighted by atomic mass is 10.0. The number of methoxy groups -OCH3 is 1. The molecule has 0 saturated heterocycles. The molecule has 0 saturated carbocycles. The smallest absolute Gasteiger partial charge is 0.211 e. The quantitative estimate of drug-likeness (QED) is 0.639. The fourth-order valence-electron chi connectivity index (χ4n) is 1.28. The van der Waals surface area contributed by atoms with Crippen molar-refractivity contribution in [3.05, 3.63) is 35.4 Å². The molecule has 0 aromatic heterocycles. The first-order valence-corrected chi connectivity index (χ1v) is 3.74. The zero-order valence-corrected chi connectivity index (χ0v) is 6.74. The summed E-state index contributed by atoms with van der Waals surface area (Å²) in [5.74, 6) is 0.949. The molecule has 0 amide bonds. The van der Waals surface area contributed by atoms with Crippen molar-refractivity contribution in [2.45, 2.75) is 6.42 Å². The van der Waals surface area contributed by atoms with Crippen LogP contribution in [0.2, 0.25) is 0 Å². The summed E-state index contributed by atoms with van der Waals surface area (Å²) in [5, 5.41) is 9.08. The van der Waals surface area contributed by atoms with E-state index in [1.807, 2.05) is 12.2 Å². The average Bonchev–Trinajstić information content (AvgIpc) is 2.43. The number of rotatable bonds is 1. The van der Waals surface area contributed by atoms with Crippen LogP contribution in [0.25, 0.3) is 0 Å². The second-order valence-corrected chi connectivity index (χ2v) is 2.68. The summed E-state index contributed by atoms with van der Waals surface area (Å²) in [6, 6.07) is 0. The standard InChI is InChI=1S/C9H9NO2/c1-12-7-3-2-6-4-9(11)10-8(6)5-7/h2,4-5,11H,3H2,1H3. The fourth-order valence-corrected chi connectivity index (χ4v) is 1.28. The van der Waals surface area contributed by atoms with E-state index in [9.17, 15) is 0 Å². The van der Waals surface area contributed by atoms with E-state index in [2.05, 4.69) is 4.99 Å². The molecule has 12 heavy (non-hydrogen) atoms. The first-order chi connectivity index (χ1) is 5.79. The van der Waals surface area contributed by atoms with Gasteiger partial charge in [0.1, 0.15) is 5.76 Å². The van der Waals surface area contributed by atoms with Crippen molar-refractivity contribution in [3.63, 3.8) is 0 Å². The lowest BCUT2D eigenvalue weighted by molar-refractivity contribution is 0.285. The van der Waals surface area contributed by atoms with E-state index >= 15 is 0 Å². The SMILES string of the molecule is COC1=CC2=NC(O)=CC2=CC1. The summed E-state index contributed by atoms with van der Waals surface area (Å²) in [4.78, 5) is 3.92. The summed E-state index contributed by atoms with van der Waals surface area (Å²) >= 11 is 0. The molecular weight excluding hydrogens is 154 g/mol. The van der Waals surface area contributed by atoms with Gasteiger partial charge in [0.2, 0.25) is 5.88 Å². The Morgan fingerprint density at radius 2 is 2.33 bits per heavy atom. The number of aliphatic imine (C=N–C) groups is 1. The summed E-state index contributed by atoms with van der Waals surface area (Å²) in [6.45, 7) is 0. The van der Waals surface area contributed by atoms with E-state index in [0.717, 1.165) is 23.5 Å². The molecule has 1 aliphatic carbocycles. The van der Waals surface area contributed by atoms with Gasteiger partial charge in [-0.1, -0.05) is 6.08 Å². The maximum absolute atomic E-state index is 9.08. The molecule has 3 nitrogen and oxygen atoms in total. The van der Waals surface area contributed by atoms with Gasteiger partial charge in [-0.15, -0.1) is 0 Å². The highest BCUT2D eigenvalue weighted by atomic mass is 16.5. The van der Waals surface area contributed by atoms with Crippen LogP contribution in [0.1, 0.15) is 6.42 Å². The number of aliphatic hydroxyl groups is 1. The number of nitrogens with zero attached hydrogens (tertiary/aromatic N) is 1. The maximum atomic E-state index is 9.08. The Morgan fingerprint density at radius 1 is 1.50 bits per heavy atom. The van der Waals surface area contributed by atoms with Crippen molar-refractivity contribution in [1.82, 2.24) is 0 Å². The minimum Gasteiger partial charge on any atom is -0.501 e. The molecule has 1 aliphatic heterocycles. The topological polar surface area (TPSA) is 41.8 Å². The minimum atomic E-state index is 0.0739. The Morgan fingerprint density at radius 3 is 3.08 bits per heavy atom. The van der Waals surface area contributed by atoms with Crippen LogP contribution in [0.15, 0.2) is 40.4 Å². The Kier molecular flexibility index (Phi) is 1.50. The van der Waals surface area contributed by atoms with E-state index in [1.54, 1.807) is 13.2 Å². The van der Waals surface area contributed by atoms with Gasteiger partial charge in [0, 0.05) is 24.1 Å². The van der Waals surface area contributed by atoms with E-state index in [0.29, 0.717) is 0 Å². The summed E-state index contributed by atoms with van der Waals surface area (Å²) in [5.41, 5.74) is 1.77. The van der Waals surface area contributed by atoms with Crippen molar-refractivity contribution in [2.75, 3.05) is 7.11 Å². The van der Waals surface area contributed by atoms with E-state index in [-0.39, 0.29) is 5.88 Å². The Balaban J connectivity index is 2.33. The molecule has 0 bridgehead atoms. The van der Waals surface area contributed by atoms with Gasteiger partial charge in [0.05, 0.1) is 12.8 Å². The van der Waals surface area contributed by atoms with E-state index in [1.165, 1.54) is 0 Å². The minimum absolute atomic E-state index is 0.0739. The highest BCUT2D eigenvalue weighted by molar-refractivity contribution is 6.13. The van der Waals surface area contributed by atoms with E-state index in [4.69, 9.17) is 9.84 Å². The van der Waals surface area contributed by atoms with Crippen LogP contribution in [-0.2, 0) is 4.74 Å².